The number of amidine groups is 1. The monoisotopic (exact) mass is 362 g/mol. The summed E-state index contributed by atoms with van der Waals surface area (Å²) in [6.45, 7) is 6.77. The topological polar surface area (TPSA) is 85.2 Å². The van der Waals surface area contributed by atoms with Gasteiger partial charge in [0.2, 0.25) is 0 Å². The molecule has 0 bridgehead atoms. The van der Waals surface area contributed by atoms with Crippen LogP contribution >= 0.6 is 0 Å². The van der Waals surface area contributed by atoms with E-state index in [1.54, 1.807) is 4.90 Å². The molecule has 6 heteroatoms. The van der Waals surface area contributed by atoms with Gasteiger partial charge in [-0.05, 0) is 56.2 Å². The van der Waals surface area contributed by atoms with E-state index in [1.165, 1.54) is 5.56 Å². The minimum atomic E-state index is 0.124. The van der Waals surface area contributed by atoms with Crippen molar-refractivity contribution in [2.45, 2.75) is 20.8 Å². The van der Waals surface area contributed by atoms with E-state index >= 15 is 0 Å². The summed E-state index contributed by atoms with van der Waals surface area (Å²) in [5.74, 6) is 1.52. The van der Waals surface area contributed by atoms with E-state index in [4.69, 9.17) is 10.1 Å². The summed E-state index contributed by atoms with van der Waals surface area (Å²) in [4.78, 5) is 9.60. The fraction of sp³-hybridized carbons (Fsp3) is 0.238. The number of rotatable bonds is 4. The largest absolute Gasteiger partial charge is 0.509 e. The van der Waals surface area contributed by atoms with Crippen LogP contribution in [0, 0.1) is 19.3 Å². The number of aromatic amines is 1. The van der Waals surface area contributed by atoms with Crippen molar-refractivity contribution in [3.05, 3.63) is 59.1 Å². The van der Waals surface area contributed by atoms with E-state index in [1.807, 2.05) is 50.2 Å². The fourth-order valence-corrected chi connectivity index (χ4v) is 3.38. The predicted octanol–water partition coefficient (Wildman–Crippen LogP) is 4.35. The van der Waals surface area contributed by atoms with Crippen molar-refractivity contribution in [1.29, 1.82) is 5.41 Å². The van der Waals surface area contributed by atoms with Crippen LogP contribution in [-0.4, -0.2) is 34.1 Å². The maximum absolute atomic E-state index is 10.6. The fourth-order valence-electron chi connectivity index (χ4n) is 3.38. The number of anilines is 1. The average Bonchev–Trinajstić information content (AvgIpc) is 3.16. The third-order valence-electron chi connectivity index (χ3n) is 4.89. The SMILES string of the molecule is CCOc1ccccc1N1CC(O)=C(c2nc3cc(C)c(C)cc3[nH]2)C1=N. The number of H-pyrrole nitrogens is 1. The number of imidazole rings is 1. The van der Waals surface area contributed by atoms with Gasteiger partial charge in [0, 0.05) is 0 Å². The lowest BCUT2D eigenvalue weighted by Gasteiger charge is -2.21. The maximum atomic E-state index is 10.6. The van der Waals surface area contributed by atoms with Crippen LogP contribution in [0.15, 0.2) is 42.2 Å². The minimum absolute atomic E-state index is 0.124. The van der Waals surface area contributed by atoms with Gasteiger partial charge in [0.25, 0.3) is 0 Å². The number of benzene rings is 2. The first-order chi connectivity index (χ1) is 13.0. The number of hydrogen-bond acceptors (Lipinski definition) is 4. The summed E-state index contributed by atoms with van der Waals surface area (Å²) in [7, 11) is 0. The molecule has 1 aromatic heterocycles. The molecule has 0 saturated carbocycles. The second-order valence-corrected chi connectivity index (χ2v) is 6.70. The smallest absolute Gasteiger partial charge is 0.145 e. The first-order valence-corrected chi connectivity index (χ1v) is 8.97. The summed E-state index contributed by atoms with van der Waals surface area (Å²) < 4.78 is 5.69. The second-order valence-electron chi connectivity index (χ2n) is 6.70. The highest BCUT2D eigenvalue weighted by atomic mass is 16.5. The molecule has 0 amide bonds. The highest BCUT2D eigenvalue weighted by molar-refractivity contribution is 6.30. The Morgan fingerprint density at radius 2 is 1.96 bits per heavy atom. The first-order valence-electron chi connectivity index (χ1n) is 8.97. The highest BCUT2D eigenvalue weighted by Gasteiger charge is 2.32. The van der Waals surface area contributed by atoms with Gasteiger partial charge in [-0.1, -0.05) is 12.1 Å². The van der Waals surface area contributed by atoms with Gasteiger partial charge in [0.1, 0.15) is 23.2 Å². The molecule has 138 valence electrons. The Balaban J connectivity index is 1.73. The second kappa shape index (κ2) is 6.46. The van der Waals surface area contributed by atoms with Crippen LogP contribution in [0.1, 0.15) is 23.9 Å². The summed E-state index contributed by atoms with van der Waals surface area (Å²) in [6.07, 6.45) is 0. The summed E-state index contributed by atoms with van der Waals surface area (Å²) in [5.41, 5.74) is 5.24. The Morgan fingerprint density at radius 1 is 1.22 bits per heavy atom. The molecule has 0 fully saturated rings. The summed E-state index contributed by atoms with van der Waals surface area (Å²) >= 11 is 0. The normalized spacial score (nSPS) is 14.5. The molecule has 2 aromatic carbocycles. The van der Waals surface area contributed by atoms with Crippen molar-refractivity contribution in [2.24, 2.45) is 0 Å². The van der Waals surface area contributed by atoms with E-state index < -0.39 is 0 Å². The van der Waals surface area contributed by atoms with Gasteiger partial charge in [0.15, 0.2) is 0 Å². The lowest BCUT2D eigenvalue weighted by atomic mass is 10.1. The van der Waals surface area contributed by atoms with Gasteiger partial charge >= 0.3 is 0 Å². The van der Waals surface area contributed by atoms with Crippen LogP contribution in [0.4, 0.5) is 5.69 Å². The molecule has 6 nitrogen and oxygen atoms in total. The molecule has 0 spiro atoms. The van der Waals surface area contributed by atoms with E-state index in [0.29, 0.717) is 23.8 Å². The van der Waals surface area contributed by atoms with Crippen LogP contribution in [0.25, 0.3) is 16.6 Å². The Labute approximate surface area is 157 Å². The molecular weight excluding hydrogens is 340 g/mol. The minimum Gasteiger partial charge on any atom is -0.509 e. The maximum Gasteiger partial charge on any atom is 0.145 e. The van der Waals surface area contributed by atoms with Crippen molar-refractivity contribution in [2.75, 3.05) is 18.1 Å². The number of aromatic nitrogens is 2. The molecule has 2 heterocycles. The number of para-hydroxylation sites is 2. The highest BCUT2D eigenvalue weighted by Crippen LogP contribution is 2.35. The standard InChI is InChI=1S/C21H22N4O2/c1-4-27-18-8-6-5-7-16(18)25-11-17(26)19(20(25)22)21-23-14-9-12(2)13(3)10-15(14)24-21/h5-10,22,26H,4,11H2,1-3H3,(H,23,24). The molecule has 0 aliphatic carbocycles. The van der Waals surface area contributed by atoms with Crippen molar-refractivity contribution < 1.29 is 9.84 Å². The summed E-state index contributed by atoms with van der Waals surface area (Å²) in [6, 6.07) is 11.6. The quantitative estimate of drug-likeness (QED) is 0.644. The third-order valence-corrected chi connectivity index (χ3v) is 4.89. The first kappa shape index (κ1) is 17.1. The number of nitrogens with one attached hydrogen (secondary N) is 2. The lowest BCUT2D eigenvalue weighted by Crippen LogP contribution is -2.26. The molecule has 3 aromatic rings. The number of aryl methyl sites for hydroxylation is 2. The van der Waals surface area contributed by atoms with Gasteiger partial charge in [-0.2, -0.15) is 0 Å². The molecular formula is C21H22N4O2. The zero-order chi connectivity index (χ0) is 19.1. The molecule has 1 aliphatic rings. The molecule has 3 N–H and O–H groups in total. The Kier molecular flexibility index (Phi) is 4.11. The molecule has 0 saturated heterocycles. The Morgan fingerprint density at radius 3 is 2.74 bits per heavy atom. The van der Waals surface area contributed by atoms with Crippen LogP contribution in [-0.2, 0) is 0 Å². The van der Waals surface area contributed by atoms with Gasteiger partial charge in [0.05, 0.1) is 35.4 Å². The predicted molar refractivity (Wildman–Crippen MR) is 108 cm³/mol. The van der Waals surface area contributed by atoms with Crippen LogP contribution < -0.4 is 9.64 Å². The molecule has 0 atom stereocenters. The number of fused-ring (bicyclic) bond motifs is 1. The van der Waals surface area contributed by atoms with Gasteiger partial charge in [-0.3, -0.25) is 5.41 Å². The van der Waals surface area contributed by atoms with E-state index in [9.17, 15) is 5.11 Å². The van der Waals surface area contributed by atoms with Crippen LogP contribution in [0.2, 0.25) is 0 Å². The number of hydrogen-bond donors (Lipinski definition) is 3. The zero-order valence-electron chi connectivity index (χ0n) is 15.6. The van der Waals surface area contributed by atoms with Crippen molar-refractivity contribution in [1.82, 2.24) is 9.97 Å². The van der Waals surface area contributed by atoms with Crippen LogP contribution in [0.3, 0.4) is 0 Å². The van der Waals surface area contributed by atoms with Crippen molar-refractivity contribution >= 4 is 28.1 Å². The summed E-state index contributed by atoms with van der Waals surface area (Å²) in [5, 5.41) is 19.2. The van der Waals surface area contributed by atoms with E-state index in [2.05, 4.69) is 16.9 Å². The Hall–Kier alpha value is -3.28. The molecule has 27 heavy (non-hydrogen) atoms. The number of nitrogens with zero attached hydrogens (tertiary/aromatic N) is 2. The zero-order valence-corrected chi connectivity index (χ0v) is 15.6. The van der Waals surface area contributed by atoms with Crippen molar-refractivity contribution in [3.8, 4) is 5.75 Å². The van der Waals surface area contributed by atoms with E-state index in [0.717, 1.165) is 22.3 Å². The third kappa shape index (κ3) is 2.83. The Bertz CT molecular complexity index is 1040. The van der Waals surface area contributed by atoms with E-state index in [-0.39, 0.29) is 18.1 Å². The molecule has 1 aliphatic heterocycles. The van der Waals surface area contributed by atoms with Gasteiger partial charge < -0.3 is 19.7 Å². The number of ether oxygens (including phenoxy) is 1. The molecule has 4 rings (SSSR count). The number of aliphatic hydroxyl groups is 1. The number of aliphatic hydroxyl groups excluding tert-OH is 1. The average molecular weight is 362 g/mol. The van der Waals surface area contributed by atoms with Gasteiger partial charge in [-0.25, -0.2) is 4.98 Å². The lowest BCUT2D eigenvalue weighted by molar-refractivity contribution is 0.341. The van der Waals surface area contributed by atoms with Gasteiger partial charge in [-0.15, -0.1) is 0 Å². The van der Waals surface area contributed by atoms with Crippen LogP contribution in [0.5, 0.6) is 5.75 Å². The molecule has 0 unspecified atom stereocenters. The van der Waals surface area contributed by atoms with Crippen molar-refractivity contribution in [3.63, 3.8) is 0 Å². The molecule has 0 radical (unpaired) electrons.